The Morgan fingerprint density at radius 1 is 1.56 bits per heavy atom. The highest BCUT2D eigenvalue weighted by molar-refractivity contribution is 5.81. The Balaban J connectivity index is 2.36. The van der Waals surface area contributed by atoms with Crippen molar-refractivity contribution in [2.24, 2.45) is 0 Å². The number of rotatable bonds is 4. The first-order valence-electron chi connectivity index (χ1n) is 5.07. The van der Waals surface area contributed by atoms with Gasteiger partial charge in [-0.2, -0.15) is 5.10 Å². The third-order valence-electron chi connectivity index (χ3n) is 2.38. The normalized spacial score (nSPS) is 11.1. The van der Waals surface area contributed by atoms with E-state index in [2.05, 4.69) is 5.10 Å². The lowest BCUT2D eigenvalue weighted by molar-refractivity contribution is -0.384. The summed E-state index contributed by atoms with van der Waals surface area (Å²) >= 11 is 0. The van der Waals surface area contributed by atoms with E-state index in [0.29, 0.717) is 5.52 Å². The van der Waals surface area contributed by atoms with E-state index in [-0.39, 0.29) is 12.2 Å². The average Bonchev–Trinajstić information content (AvgIpc) is 2.71. The van der Waals surface area contributed by atoms with Crippen LogP contribution in [0.4, 0.5) is 5.69 Å². The molecule has 0 bridgehead atoms. The van der Waals surface area contributed by atoms with Crippen LogP contribution in [0.1, 0.15) is 0 Å². The number of non-ortho nitro benzene ring substituents is 1. The minimum Gasteiger partial charge on any atom is -0.478 e. The van der Waals surface area contributed by atoms with Crippen LogP contribution in [0.25, 0.3) is 10.9 Å². The molecular weight excluding hydrogens is 238 g/mol. The minimum atomic E-state index is -1.04. The number of carboxylic acid groups (broad SMARTS) is 1. The molecule has 92 valence electrons. The average molecular weight is 247 g/mol. The number of nitro groups is 1. The van der Waals surface area contributed by atoms with Crippen LogP contribution in [0.5, 0.6) is 0 Å². The molecule has 1 heterocycles. The SMILES string of the molecule is O=C(O)/C=C/Cn1ncc2ccc([N+](=O)[O-])cc21. The number of carboxylic acids is 1. The van der Waals surface area contributed by atoms with Crippen molar-refractivity contribution in [2.45, 2.75) is 6.54 Å². The molecule has 0 spiro atoms. The van der Waals surface area contributed by atoms with Gasteiger partial charge >= 0.3 is 5.97 Å². The summed E-state index contributed by atoms with van der Waals surface area (Å²) < 4.78 is 1.50. The van der Waals surface area contributed by atoms with Crippen LogP contribution >= 0.6 is 0 Å². The molecule has 0 fully saturated rings. The Hall–Kier alpha value is -2.70. The van der Waals surface area contributed by atoms with E-state index >= 15 is 0 Å². The number of nitro benzene ring substituents is 1. The Kier molecular flexibility index (Phi) is 3.05. The van der Waals surface area contributed by atoms with Gasteiger partial charge in [0.15, 0.2) is 0 Å². The Morgan fingerprint density at radius 3 is 3.00 bits per heavy atom. The lowest BCUT2D eigenvalue weighted by Crippen LogP contribution is -1.98. The molecule has 2 aromatic rings. The van der Waals surface area contributed by atoms with Crippen LogP contribution in [-0.2, 0) is 11.3 Å². The van der Waals surface area contributed by atoms with Gasteiger partial charge in [-0.15, -0.1) is 0 Å². The number of hydrogen-bond acceptors (Lipinski definition) is 4. The van der Waals surface area contributed by atoms with Crippen LogP contribution in [0.3, 0.4) is 0 Å². The summed E-state index contributed by atoms with van der Waals surface area (Å²) in [5.74, 6) is -1.04. The fourth-order valence-electron chi connectivity index (χ4n) is 1.57. The number of carbonyl (C=O) groups is 1. The predicted molar refractivity (Wildman–Crippen MR) is 63.2 cm³/mol. The number of aliphatic carboxylic acids is 1. The van der Waals surface area contributed by atoms with Crippen LogP contribution in [0.15, 0.2) is 36.5 Å². The molecule has 18 heavy (non-hydrogen) atoms. The molecule has 7 heteroatoms. The minimum absolute atomic E-state index is 0.0218. The monoisotopic (exact) mass is 247 g/mol. The third-order valence-corrected chi connectivity index (χ3v) is 2.38. The van der Waals surface area contributed by atoms with Crippen molar-refractivity contribution < 1.29 is 14.8 Å². The van der Waals surface area contributed by atoms with Gasteiger partial charge in [-0.25, -0.2) is 4.79 Å². The Labute approximate surface area is 101 Å². The first-order chi connectivity index (χ1) is 8.58. The second-order valence-corrected chi connectivity index (χ2v) is 3.57. The van der Waals surface area contributed by atoms with Gasteiger partial charge in [0.2, 0.25) is 0 Å². The highest BCUT2D eigenvalue weighted by atomic mass is 16.6. The Morgan fingerprint density at radius 2 is 2.33 bits per heavy atom. The fourth-order valence-corrected chi connectivity index (χ4v) is 1.57. The van der Waals surface area contributed by atoms with Gasteiger partial charge in [0.05, 0.1) is 23.2 Å². The van der Waals surface area contributed by atoms with Crippen LogP contribution in [0, 0.1) is 10.1 Å². The van der Waals surface area contributed by atoms with E-state index < -0.39 is 10.9 Å². The molecule has 7 nitrogen and oxygen atoms in total. The van der Waals surface area contributed by atoms with Crippen LogP contribution in [0.2, 0.25) is 0 Å². The smallest absolute Gasteiger partial charge is 0.328 e. The van der Waals surface area contributed by atoms with Gasteiger partial charge in [-0.05, 0) is 6.07 Å². The first-order valence-corrected chi connectivity index (χ1v) is 5.07. The van der Waals surface area contributed by atoms with Crippen molar-refractivity contribution in [2.75, 3.05) is 0 Å². The molecule has 0 amide bonds. The van der Waals surface area contributed by atoms with E-state index in [9.17, 15) is 14.9 Å². The van der Waals surface area contributed by atoms with Gasteiger partial charge in [0.1, 0.15) is 0 Å². The summed E-state index contributed by atoms with van der Waals surface area (Å²) in [6.45, 7) is 0.247. The molecule has 1 aromatic heterocycles. The van der Waals surface area contributed by atoms with E-state index in [0.717, 1.165) is 11.5 Å². The van der Waals surface area contributed by atoms with Gasteiger partial charge < -0.3 is 5.11 Å². The number of nitrogens with zero attached hydrogens (tertiary/aromatic N) is 3. The number of hydrogen-bond donors (Lipinski definition) is 1. The van der Waals surface area contributed by atoms with Gasteiger partial charge in [-0.1, -0.05) is 6.08 Å². The highest BCUT2D eigenvalue weighted by Gasteiger charge is 2.09. The molecule has 0 aliphatic heterocycles. The standard InChI is InChI=1S/C11H9N3O4/c15-11(16)2-1-5-13-10-6-9(14(17)18)4-3-8(10)7-12-13/h1-4,6-7H,5H2,(H,15,16)/b2-1+. The molecule has 0 atom stereocenters. The lowest BCUT2D eigenvalue weighted by Gasteiger charge is -1.98. The second kappa shape index (κ2) is 4.66. The summed E-state index contributed by atoms with van der Waals surface area (Å²) in [6.07, 6.45) is 4.01. The van der Waals surface area contributed by atoms with Crippen molar-refractivity contribution in [1.29, 1.82) is 0 Å². The van der Waals surface area contributed by atoms with Crippen molar-refractivity contribution >= 4 is 22.6 Å². The highest BCUT2D eigenvalue weighted by Crippen LogP contribution is 2.20. The molecule has 0 unspecified atom stereocenters. The number of aromatic nitrogens is 2. The van der Waals surface area contributed by atoms with E-state index in [4.69, 9.17) is 5.11 Å². The Bertz CT molecular complexity index is 645. The maximum absolute atomic E-state index is 10.7. The maximum Gasteiger partial charge on any atom is 0.328 e. The maximum atomic E-state index is 10.7. The zero-order valence-electron chi connectivity index (χ0n) is 9.18. The van der Waals surface area contributed by atoms with E-state index in [1.165, 1.54) is 22.9 Å². The summed E-state index contributed by atoms with van der Waals surface area (Å²) in [4.78, 5) is 20.5. The molecule has 1 aromatic carbocycles. The number of allylic oxidation sites excluding steroid dienone is 1. The van der Waals surface area contributed by atoms with Crippen LogP contribution in [-0.4, -0.2) is 25.8 Å². The van der Waals surface area contributed by atoms with Gasteiger partial charge in [-0.3, -0.25) is 14.8 Å². The third kappa shape index (κ3) is 2.34. The predicted octanol–water partition coefficient (Wildman–Crippen LogP) is 1.59. The summed E-state index contributed by atoms with van der Waals surface area (Å²) in [6, 6.07) is 4.43. The molecule has 0 saturated carbocycles. The van der Waals surface area contributed by atoms with E-state index in [1.54, 1.807) is 12.3 Å². The molecule has 0 radical (unpaired) electrons. The van der Waals surface area contributed by atoms with Crippen molar-refractivity contribution in [3.63, 3.8) is 0 Å². The summed E-state index contributed by atoms with van der Waals surface area (Å²) in [5.41, 5.74) is 0.575. The van der Waals surface area contributed by atoms with Gasteiger partial charge in [0.25, 0.3) is 5.69 Å². The van der Waals surface area contributed by atoms with Crippen molar-refractivity contribution in [3.8, 4) is 0 Å². The molecule has 0 aliphatic rings. The first kappa shape index (κ1) is 11.8. The molecule has 2 rings (SSSR count). The van der Waals surface area contributed by atoms with Crippen molar-refractivity contribution in [1.82, 2.24) is 9.78 Å². The molecular formula is C11H9N3O4. The quantitative estimate of drug-likeness (QED) is 0.502. The van der Waals surface area contributed by atoms with Crippen LogP contribution < -0.4 is 0 Å². The molecule has 0 aliphatic carbocycles. The molecule has 1 N–H and O–H groups in total. The van der Waals surface area contributed by atoms with Gasteiger partial charge in [0, 0.05) is 23.6 Å². The summed E-state index contributed by atoms with van der Waals surface area (Å²) in [7, 11) is 0. The summed E-state index contributed by atoms with van der Waals surface area (Å²) in [5, 5.41) is 23.9. The largest absolute Gasteiger partial charge is 0.478 e. The topological polar surface area (TPSA) is 98.3 Å². The zero-order valence-corrected chi connectivity index (χ0v) is 9.18. The number of fused-ring (bicyclic) bond motifs is 1. The fraction of sp³-hybridized carbons (Fsp3) is 0.0909. The lowest BCUT2D eigenvalue weighted by atomic mass is 10.2. The van der Waals surface area contributed by atoms with E-state index in [1.807, 2.05) is 0 Å². The van der Waals surface area contributed by atoms with Crippen molar-refractivity contribution in [3.05, 3.63) is 46.7 Å². The second-order valence-electron chi connectivity index (χ2n) is 3.57. The number of benzene rings is 1. The zero-order chi connectivity index (χ0) is 13.1. The molecule has 0 saturated heterocycles.